The molecule has 1 unspecified atom stereocenters. The topological polar surface area (TPSA) is 66.4 Å². The summed E-state index contributed by atoms with van der Waals surface area (Å²) < 4.78 is 0. The molecule has 86 valence electrons. The molecular formula is C11H19NO3. The van der Waals surface area contributed by atoms with Crippen molar-refractivity contribution in [2.24, 2.45) is 11.3 Å². The fraction of sp³-hybridized carbons (Fsp3) is 0.636. The molecule has 0 rings (SSSR count). The second-order valence-electron chi connectivity index (χ2n) is 4.51. The van der Waals surface area contributed by atoms with Gasteiger partial charge in [-0.3, -0.25) is 9.59 Å². The maximum atomic E-state index is 11.6. The Bertz CT molecular complexity index is 253. The van der Waals surface area contributed by atoms with Gasteiger partial charge in [0.25, 0.3) is 0 Å². The minimum atomic E-state index is -1.08. The summed E-state index contributed by atoms with van der Waals surface area (Å²) in [5.74, 6) is -2.53. The van der Waals surface area contributed by atoms with Crippen LogP contribution in [0.3, 0.4) is 0 Å². The molecule has 0 aliphatic heterocycles. The number of carboxylic acid groups (broad SMARTS) is 1. The van der Waals surface area contributed by atoms with Crippen LogP contribution in [-0.2, 0) is 9.59 Å². The van der Waals surface area contributed by atoms with Crippen molar-refractivity contribution in [2.45, 2.75) is 27.2 Å². The summed E-state index contributed by atoms with van der Waals surface area (Å²) in [6.07, 6.45) is 2.31. The van der Waals surface area contributed by atoms with Crippen LogP contribution >= 0.6 is 0 Å². The van der Waals surface area contributed by atoms with Crippen molar-refractivity contribution in [1.29, 1.82) is 0 Å². The number of aliphatic carboxylic acids is 1. The SMILES string of the molecule is C=CCCNC(=O)C(C(=O)O)C(C)(C)C. The van der Waals surface area contributed by atoms with Crippen molar-refractivity contribution < 1.29 is 14.7 Å². The highest BCUT2D eigenvalue weighted by Crippen LogP contribution is 2.26. The Labute approximate surface area is 90.4 Å². The Hall–Kier alpha value is -1.32. The van der Waals surface area contributed by atoms with Gasteiger partial charge < -0.3 is 10.4 Å². The quantitative estimate of drug-likeness (QED) is 0.412. The summed E-state index contributed by atoms with van der Waals surface area (Å²) in [7, 11) is 0. The lowest BCUT2D eigenvalue weighted by Gasteiger charge is -2.25. The Morgan fingerprint density at radius 1 is 1.47 bits per heavy atom. The van der Waals surface area contributed by atoms with Crippen molar-refractivity contribution in [3.8, 4) is 0 Å². The van der Waals surface area contributed by atoms with Gasteiger partial charge in [0.05, 0.1) is 0 Å². The fourth-order valence-corrected chi connectivity index (χ4v) is 1.28. The van der Waals surface area contributed by atoms with Gasteiger partial charge in [0, 0.05) is 6.54 Å². The van der Waals surface area contributed by atoms with Crippen LogP contribution in [0, 0.1) is 11.3 Å². The molecule has 0 aromatic heterocycles. The molecule has 0 aliphatic carbocycles. The lowest BCUT2D eigenvalue weighted by Crippen LogP contribution is -2.42. The van der Waals surface area contributed by atoms with Crippen LogP contribution in [-0.4, -0.2) is 23.5 Å². The van der Waals surface area contributed by atoms with Crippen LogP contribution < -0.4 is 5.32 Å². The van der Waals surface area contributed by atoms with Gasteiger partial charge in [-0.05, 0) is 11.8 Å². The summed E-state index contributed by atoms with van der Waals surface area (Å²) >= 11 is 0. The first kappa shape index (κ1) is 13.7. The second-order valence-corrected chi connectivity index (χ2v) is 4.51. The molecule has 0 aromatic rings. The van der Waals surface area contributed by atoms with Crippen molar-refractivity contribution >= 4 is 11.9 Å². The molecular weight excluding hydrogens is 194 g/mol. The highest BCUT2D eigenvalue weighted by molar-refractivity contribution is 5.97. The zero-order valence-electron chi connectivity index (χ0n) is 9.54. The van der Waals surface area contributed by atoms with Gasteiger partial charge >= 0.3 is 5.97 Å². The summed E-state index contributed by atoms with van der Waals surface area (Å²) in [5.41, 5.74) is -0.579. The van der Waals surface area contributed by atoms with Gasteiger partial charge in [0.15, 0.2) is 0 Å². The molecule has 4 nitrogen and oxygen atoms in total. The van der Waals surface area contributed by atoms with E-state index < -0.39 is 23.2 Å². The zero-order chi connectivity index (χ0) is 12.1. The molecule has 0 fully saturated rings. The standard InChI is InChI=1S/C11H19NO3/c1-5-6-7-12-9(13)8(10(14)15)11(2,3)4/h5,8H,1,6-7H2,2-4H3,(H,12,13)(H,14,15). The van der Waals surface area contributed by atoms with E-state index in [9.17, 15) is 9.59 Å². The normalized spacial score (nSPS) is 13.0. The molecule has 0 aromatic carbocycles. The highest BCUT2D eigenvalue weighted by atomic mass is 16.4. The average molecular weight is 213 g/mol. The third kappa shape index (κ3) is 4.63. The third-order valence-electron chi connectivity index (χ3n) is 2.02. The molecule has 2 N–H and O–H groups in total. The Balaban J connectivity index is 4.45. The first-order chi connectivity index (χ1) is 6.80. The van der Waals surface area contributed by atoms with Gasteiger partial charge in [-0.25, -0.2) is 0 Å². The maximum Gasteiger partial charge on any atom is 0.316 e. The summed E-state index contributed by atoms with van der Waals surface area (Å²) in [6.45, 7) is 9.16. The maximum absolute atomic E-state index is 11.6. The molecule has 1 amide bonds. The van der Waals surface area contributed by atoms with Crippen molar-refractivity contribution in [2.75, 3.05) is 6.54 Å². The first-order valence-electron chi connectivity index (χ1n) is 4.92. The van der Waals surface area contributed by atoms with Gasteiger partial charge in [0.2, 0.25) is 5.91 Å². The third-order valence-corrected chi connectivity index (χ3v) is 2.02. The van der Waals surface area contributed by atoms with E-state index in [2.05, 4.69) is 11.9 Å². The second kappa shape index (κ2) is 5.53. The van der Waals surface area contributed by atoms with Crippen LogP contribution in [0.1, 0.15) is 27.2 Å². The highest BCUT2D eigenvalue weighted by Gasteiger charge is 2.37. The molecule has 0 spiro atoms. The summed E-state index contributed by atoms with van der Waals surface area (Å²) in [6, 6.07) is 0. The van der Waals surface area contributed by atoms with Gasteiger partial charge in [0.1, 0.15) is 5.92 Å². The number of carbonyl (C=O) groups excluding carboxylic acids is 1. The van der Waals surface area contributed by atoms with Gasteiger partial charge in [-0.1, -0.05) is 26.8 Å². The molecule has 0 bridgehead atoms. The molecule has 0 heterocycles. The van der Waals surface area contributed by atoms with Crippen LogP contribution in [0.5, 0.6) is 0 Å². The molecule has 0 radical (unpaired) electrons. The predicted molar refractivity (Wildman–Crippen MR) is 58.4 cm³/mol. The molecule has 0 aliphatic rings. The van der Waals surface area contributed by atoms with E-state index in [1.165, 1.54) is 0 Å². The minimum Gasteiger partial charge on any atom is -0.481 e. The number of carboxylic acids is 1. The van der Waals surface area contributed by atoms with Crippen LogP contribution in [0.25, 0.3) is 0 Å². The predicted octanol–water partition coefficient (Wildman–Crippen LogP) is 1.43. The van der Waals surface area contributed by atoms with Gasteiger partial charge in [-0.2, -0.15) is 0 Å². The van der Waals surface area contributed by atoms with E-state index in [4.69, 9.17) is 5.11 Å². The Morgan fingerprint density at radius 2 is 2.00 bits per heavy atom. The lowest BCUT2D eigenvalue weighted by atomic mass is 9.80. The van der Waals surface area contributed by atoms with E-state index in [1.807, 2.05) is 0 Å². The van der Waals surface area contributed by atoms with Crippen LogP contribution in [0.4, 0.5) is 0 Å². The first-order valence-corrected chi connectivity index (χ1v) is 4.92. The van der Waals surface area contributed by atoms with E-state index in [0.717, 1.165) is 0 Å². The number of amides is 1. The van der Waals surface area contributed by atoms with E-state index >= 15 is 0 Å². The Morgan fingerprint density at radius 3 is 2.33 bits per heavy atom. The molecule has 0 saturated heterocycles. The largest absolute Gasteiger partial charge is 0.481 e. The fourth-order valence-electron chi connectivity index (χ4n) is 1.28. The zero-order valence-corrected chi connectivity index (χ0v) is 9.54. The van der Waals surface area contributed by atoms with E-state index in [-0.39, 0.29) is 0 Å². The van der Waals surface area contributed by atoms with Crippen LogP contribution in [0.2, 0.25) is 0 Å². The Kier molecular flexibility index (Phi) is 5.05. The molecule has 1 atom stereocenters. The number of nitrogens with one attached hydrogen (secondary N) is 1. The molecule has 0 saturated carbocycles. The van der Waals surface area contributed by atoms with Crippen molar-refractivity contribution in [1.82, 2.24) is 5.32 Å². The summed E-state index contributed by atoms with van der Waals surface area (Å²) in [4.78, 5) is 22.5. The number of carbonyl (C=O) groups is 2. The van der Waals surface area contributed by atoms with Gasteiger partial charge in [-0.15, -0.1) is 6.58 Å². The van der Waals surface area contributed by atoms with Crippen molar-refractivity contribution in [3.63, 3.8) is 0 Å². The monoisotopic (exact) mass is 213 g/mol. The van der Waals surface area contributed by atoms with E-state index in [0.29, 0.717) is 13.0 Å². The van der Waals surface area contributed by atoms with Crippen molar-refractivity contribution in [3.05, 3.63) is 12.7 Å². The smallest absolute Gasteiger partial charge is 0.316 e. The number of rotatable bonds is 5. The van der Waals surface area contributed by atoms with E-state index in [1.54, 1.807) is 26.8 Å². The minimum absolute atomic E-state index is 0.433. The summed E-state index contributed by atoms with van der Waals surface area (Å²) in [5, 5.41) is 11.5. The molecule has 4 heteroatoms. The van der Waals surface area contributed by atoms with Crippen LogP contribution in [0.15, 0.2) is 12.7 Å². The number of hydrogen-bond donors (Lipinski definition) is 2. The average Bonchev–Trinajstić information content (AvgIpc) is 2.00. The lowest BCUT2D eigenvalue weighted by molar-refractivity contribution is -0.151. The number of hydrogen-bond acceptors (Lipinski definition) is 2. The molecule has 15 heavy (non-hydrogen) atoms.